The summed E-state index contributed by atoms with van der Waals surface area (Å²) in [6.07, 6.45) is 2.25. The molecule has 0 unspecified atom stereocenters. The van der Waals surface area contributed by atoms with E-state index in [9.17, 15) is 4.79 Å². The molecule has 1 heterocycles. The van der Waals surface area contributed by atoms with E-state index in [1.165, 1.54) is 0 Å². The standard InChI is InChI=1S/C12H15N3OS/c13-6-2-1-3-12(16)15-9-4-5-10-11(7-9)17-8-14-10/h4-5,7-8H,1-3,6,13H2,(H,15,16). The lowest BCUT2D eigenvalue weighted by Gasteiger charge is -2.04. The van der Waals surface area contributed by atoms with Crippen molar-refractivity contribution in [3.05, 3.63) is 23.7 Å². The van der Waals surface area contributed by atoms with Crippen LogP contribution in [-0.2, 0) is 4.79 Å². The van der Waals surface area contributed by atoms with Crippen molar-refractivity contribution in [3.63, 3.8) is 0 Å². The van der Waals surface area contributed by atoms with Gasteiger partial charge in [-0.1, -0.05) is 0 Å². The van der Waals surface area contributed by atoms with Crippen molar-refractivity contribution in [1.29, 1.82) is 0 Å². The first-order valence-corrected chi connectivity index (χ1v) is 6.51. The van der Waals surface area contributed by atoms with Crippen LogP contribution < -0.4 is 11.1 Å². The third-order valence-corrected chi connectivity index (χ3v) is 3.26. The number of nitrogens with zero attached hydrogens (tertiary/aromatic N) is 1. The number of carbonyl (C=O) groups excluding carboxylic acids is 1. The van der Waals surface area contributed by atoms with E-state index in [1.807, 2.05) is 18.2 Å². The molecule has 90 valence electrons. The van der Waals surface area contributed by atoms with E-state index in [0.29, 0.717) is 13.0 Å². The Morgan fingerprint density at radius 3 is 3.12 bits per heavy atom. The molecule has 1 amide bonds. The number of hydrogen-bond donors (Lipinski definition) is 2. The summed E-state index contributed by atoms with van der Waals surface area (Å²) in [4.78, 5) is 15.8. The number of unbranched alkanes of at least 4 members (excludes halogenated alkanes) is 1. The Kier molecular flexibility index (Phi) is 4.06. The van der Waals surface area contributed by atoms with Crippen LogP contribution in [-0.4, -0.2) is 17.4 Å². The quantitative estimate of drug-likeness (QED) is 0.799. The second-order valence-corrected chi connectivity index (χ2v) is 4.72. The van der Waals surface area contributed by atoms with Gasteiger partial charge < -0.3 is 11.1 Å². The fourth-order valence-corrected chi connectivity index (χ4v) is 2.30. The molecule has 1 aromatic heterocycles. The van der Waals surface area contributed by atoms with Gasteiger partial charge >= 0.3 is 0 Å². The summed E-state index contributed by atoms with van der Waals surface area (Å²) in [5, 5.41) is 2.88. The number of carbonyl (C=O) groups is 1. The molecule has 2 rings (SSSR count). The van der Waals surface area contributed by atoms with Gasteiger partial charge in [-0.05, 0) is 37.6 Å². The summed E-state index contributed by atoms with van der Waals surface area (Å²) in [5.41, 5.74) is 8.99. The van der Waals surface area contributed by atoms with E-state index >= 15 is 0 Å². The van der Waals surface area contributed by atoms with E-state index in [2.05, 4.69) is 10.3 Å². The molecular formula is C12H15N3OS. The predicted molar refractivity (Wildman–Crippen MR) is 71.2 cm³/mol. The van der Waals surface area contributed by atoms with Crippen molar-refractivity contribution in [2.45, 2.75) is 19.3 Å². The van der Waals surface area contributed by atoms with Gasteiger partial charge in [0.1, 0.15) is 0 Å². The normalized spacial score (nSPS) is 10.6. The van der Waals surface area contributed by atoms with Gasteiger partial charge in [-0.3, -0.25) is 4.79 Å². The van der Waals surface area contributed by atoms with Crippen LogP contribution in [0.5, 0.6) is 0 Å². The van der Waals surface area contributed by atoms with Crippen LogP contribution >= 0.6 is 11.3 Å². The third kappa shape index (κ3) is 3.25. The number of thiazole rings is 1. The Morgan fingerprint density at radius 1 is 1.41 bits per heavy atom. The van der Waals surface area contributed by atoms with Crippen molar-refractivity contribution < 1.29 is 4.79 Å². The van der Waals surface area contributed by atoms with E-state index < -0.39 is 0 Å². The molecule has 0 fully saturated rings. The molecule has 17 heavy (non-hydrogen) atoms. The molecule has 3 N–H and O–H groups in total. The number of benzene rings is 1. The Labute approximate surface area is 104 Å². The predicted octanol–water partition coefficient (Wildman–Crippen LogP) is 2.36. The van der Waals surface area contributed by atoms with Gasteiger partial charge in [-0.25, -0.2) is 4.98 Å². The van der Waals surface area contributed by atoms with Crippen molar-refractivity contribution in [2.75, 3.05) is 11.9 Å². The first-order chi connectivity index (χ1) is 8.29. The number of nitrogens with two attached hydrogens (primary N) is 1. The number of aromatic nitrogens is 1. The maximum absolute atomic E-state index is 11.6. The van der Waals surface area contributed by atoms with E-state index in [-0.39, 0.29) is 5.91 Å². The van der Waals surface area contributed by atoms with Gasteiger partial charge in [-0.2, -0.15) is 0 Å². The van der Waals surface area contributed by atoms with Gasteiger partial charge in [0.25, 0.3) is 0 Å². The van der Waals surface area contributed by atoms with Crippen LogP contribution in [0.4, 0.5) is 5.69 Å². The zero-order chi connectivity index (χ0) is 12.1. The van der Waals surface area contributed by atoms with E-state index in [1.54, 1.807) is 16.8 Å². The summed E-state index contributed by atoms with van der Waals surface area (Å²) in [6.45, 7) is 0.639. The Morgan fingerprint density at radius 2 is 2.29 bits per heavy atom. The van der Waals surface area contributed by atoms with E-state index in [0.717, 1.165) is 28.7 Å². The molecule has 1 aromatic carbocycles. The Hall–Kier alpha value is -1.46. The summed E-state index contributed by atoms with van der Waals surface area (Å²) < 4.78 is 1.09. The minimum atomic E-state index is 0.0438. The van der Waals surface area contributed by atoms with Gasteiger partial charge in [0, 0.05) is 12.1 Å². The second kappa shape index (κ2) is 5.75. The summed E-state index contributed by atoms with van der Waals surface area (Å²) in [7, 11) is 0. The number of anilines is 1. The highest BCUT2D eigenvalue weighted by atomic mass is 32.1. The van der Waals surface area contributed by atoms with Gasteiger partial charge in [0.2, 0.25) is 5.91 Å². The molecular weight excluding hydrogens is 234 g/mol. The van der Waals surface area contributed by atoms with Crippen LogP contribution in [0.15, 0.2) is 23.7 Å². The lowest BCUT2D eigenvalue weighted by molar-refractivity contribution is -0.116. The molecule has 0 saturated carbocycles. The van der Waals surface area contributed by atoms with Crippen LogP contribution in [0.3, 0.4) is 0 Å². The van der Waals surface area contributed by atoms with Crippen LogP contribution in [0.25, 0.3) is 10.2 Å². The second-order valence-electron chi connectivity index (χ2n) is 3.83. The lowest BCUT2D eigenvalue weighted by Crippen LogP contribution is -2.11. The fraction of sp³-hybridized carbons (Fsp3) is 0.333. The molecule has 0 saturated heterocycles. The topological polar surface area (TPSA) is 68.0 Å². The molecule has 0 aliphatic heterocycles. The number of rotatable bonds is 5. The molecule has 0 aliphatic carbocycles. The van der Waals surface area contributed by atoms with Gasteiger partial charge in [-0.15, -0.1) is 11.3 Å². The third-order valence-electron chi connectivity index (χ3n) is 2.47. The maximum atomic E-state index is 11.6. The van der Waals surface area contributed by atoms with Gasteiger partial charge in [0.05, 0.1) is 15.7 Å². The zero-order valence-electron chi connectivity index (χ0n) is 9.48. The SMILES string of the molecule is NCCCCC(=O)Nc1ccc2ncsc2c1. The van der Waals surface area contributed by atoms with Crippen molar-refractivity contribution in [3.8, 4) is 0 Å². The van der Waals surface area contributed by atoms with Crippen molar-refractivity contribution in [1.82, 2.24) is 4.98 Å². The molecule has 0 bridgehead atoms. The van der Waals surface area contributed by atoms with Crippen molar-refractivity contribution in [2.24, 2.45) is 5.73 Å². The van der Waals surface area contributed by atoms with Crippen molar-refractivity contribution >= 4 is 33.1 Å². The van der Waals surface area contributed by atoms with Crippen LogP contribution in [0.1, 0.15) is 19.3 Å². The highest BCUT2D eigenvalue weighted by Crippen LogP contribution is 2.21. The van der Waals surface area contributed by atoms with E-state index in [4.69, 9.17) is 5.73 Å². The number of nitrogens with one attached hydrogen (secondary N) is 1. The minimum Gasteiger partial charge on any atom is -0.330 e. The highest BCUT2D eigenvalue weighted by Gasteiger charge is 2.03. The first-order valence-electron chi connectivity index (χ1n) is 5.63. The first kappa shape index (κ1) is 12.0. The molecule has 0 aliphatic rings. The smallest absolute Gasteiger partial charge is 0.224 e. The molecule has 0 atom stereocenters. The summed E-state index contributed by atoms with van der Waals surface area (Å²) in [6, 6.07) is 5.75. The van der Waals surface area contributed by atoms with Gasteiger partial charge in [0.15, 0.2) is 0 Å². The summed E-state index contributed by atoms with van der Waals surface area (Å²) in [5.74, 6) is 0.0438. The minimum absolute atomic E-state index is 0.0438. The number of amides is 1. The highest BCUT2D eigenvalue weighted by molar-refractivity contribution is 7.16. The molecule has 2 aromatic rings. The maximum Gasteiger partial charge on any atom is 0.224 e. The average molecular weight is 249 g/mol. The molecule has 4 nitrogen and oxygen atoms in total. The Balaban J connectivity index is 1.95. The Bertz CT molecular complexity index is 509. The largest absolute Gasteiger partial charge is 0.330 e. The number of hydrogen-bond acceptors (Lipinski definition) is 4. The molecule has 0 radical (unpaired) electrons. The molecule has 5 heteroatoms. The van der Waals surface area contributed by atoms with Crippen LogP contribution in [0.2, 0.25) is 0 Å². The van der Waals surface area contributed by atoms with Crippen LogP contribution in [0, 0.1) is 0 Å². The monoisotopic (exact) mass is 249 g/mol. The molecule has 0 spiro atoms. The fourth-order valence-electron chi connectivity index (χ4n) is 1.59. The average Bonchev–Trinajstić information content (AvgIpc) is 2.76. The zero-order valence-corrected chi connectivity index (χ0v) is 10.3. The number of fused-ring (bicyclic) bond motifs is 1. The lowest BCUT2D eigenvalue weighted by atomic mass is 10.2. The summed E-state index contributed by atoms with van der Waals surface area (Å²) >= 11 is 1.57.